The molecule has 2 fully saturated rings. The molecule has 0 N–H and O–H groups in total. The Morgan fingerprint density at radius 1 is 1.47 bits per heavy atom. The molecule has 82 valence electrons. The van der Waals surface area contributed by atoms with Crippen molar-refractivity contribution in [1.82, 2.24) is 0 Å². The lowest BCUT2D eigenvalue weighted by Gasteiger charge is -2.21. The molecule has 3 rings (SSSR count). The second-order valence-corrected chi connectivity index (χ2v) is 5.72. The monoisotopic (exact) mass is 204 g/mol. The van der Waals surface area contributed by atoms with E-state index in [1.165, 1.54) is 25.7 Å². The Balaban J connectivity index is 1.85. The van der Waals surface area contributed by atoms with Crippen LogP contribution in [0.4, 0.5) is 0 Å². The summed E-state index contributed by atoms with van der Waals surface area (Å²) in [5, 5.41) is 0. The molecule has 2 saturated carbocycles. The average Bonchev–Trinajstić information content (AvgIpc) is 2.55. The Labute approximate surface area is 91.9 Å². The predicted molar refractivity (Wildman–Crippen MR) is 60.4 cm³/mol. The van der Waals surface area contributed by atoms with E-state index in [0.717, 1.165) is 17.8 Å². The van der Waals surface area contributed by atoms with Crippen LogP contribution in [-0.2, 0) is 4.79 Å². The van der Waals surface area contributed by atoms with E-state index < -0.39 is 0 Å². The van der Waals surface area contributed by atoms with Gasteiger partial charge in [0.1, 0.15) is 5.78 Å². The Kier molecular flexibility index (Phi) is 1.90. The molecule has 0 aromatic heterocycles. The molecule has 3 aliphatic carbocycles. The van der Waals surface area contributed by atoms with Gasteiger partial charge in [-0.15, -0.1) is 0 Å². The van der Waals surface area contributed by atoms with Gasteiger partial charge in [0.15, 0.2) is 0 Å². The number of hydrogen-bond acceptors (Lipinski definition) is 1. The van der Waals surface area contributed by atoms with Crippen molar-refractivity contribution >= 4 is 5.78 Å². The molecule has 0 saturated heterocycles. The molecule has 0 spiro atoms. The van der Waals surface area contributed by atoms with E-state index >= 15 is 0 Å². The molecule has 1 nitrogen and oxygen atoms in total. The van der Waals surface area contributed by atoms with Gasteiger partial charge in [-0.25, -0.2) is 0 Å². The van der Waals surface area contributed by atoms with Gasteiger partial charge in [-0.05, 0) is 42.9 Å². The third kappa shape index (κ3) is 1.02. The Morgan fingerprint density at radius 2 is 2.27 bits per heavy atom. The van der Waals surface area contributed by atoms with Crippen molar-refractivity contribution < 1.29 is 4.79 Å². The summed E-state index contributed by atoms with van der Waals surface area (Å²) in [5.41, 5.74) is 0.432. The number of hydrogen-bond donors (Lipinski definition) is 0. The van der Waals surface area contributed by atoms with Crippen molar-refractivity contribution in [3.05, 3.63) is 12.2 Å². The standard InChI is InChI=1S/C14H20O/c1-3-4-7-14-11-6-5-10(8-11)13(14)12(14)9(2)15/h5-6,10-13H,3-4,7-8H2,1-2H3. The summed E-state index contributed by atoms with van der Waals surface area (Å²) in [6, 6.07) is 0. The van der Waals surface area contributed by atoms with Crippen LogP contribution in [0.15, 0.2) is 12.2 Å². The van der Waals surface area contributed by atoms with Gasteiger partial charge < -0.3 is 0 Å². The minimum absolute atomic E-state index is 0.419. The number of carbonyl (C=O) groups excluding carboxylic acids is 1. The number of ketones is 1. The van der Waals surface area contributed by atoms with Gasteiger partial charge in [-0.2, -0.15) is 0 Å². The zero-order valence-electron chi connectivity index (χ0n) is 9.70. The van der Waals surface area contributed by atoms with Gasteiger partial charge in [0, 0.05) is 5.92 Å². The Hall–Kier alpha value is -0.590. The van der Waals surface area contributed by atoms with Crippen molar-refractivity contribution in [1.29, 1.82) is 0 Å². The summed E-state index contributed by atoms with van der Waals surface area (Å²) in [6.45, 7) is 4.05. The number of rotatable bonds is 4. The first-order valence-corrected chi connectivity index (χ1v) is 6.40. The first-order chi connectivity index (χ1) is 7.21. The minimum atomic E-state index is 0.419. The largest absolute Gasteiger partial charge is 0.300 e. The van der Waals surface area contributed by atoms with Crippen LogP contribution in [0.2, 0.25) is 0 Å². The fourth-order valence-electron chi connectivity index (χ4n) is 4.63. The van der Waals surface area contributed by atoms with E-state index in [1.807, 2.05) is 0 Å². The maximum atomic E-state index is 11.7. The van der Waals surface area contributed by atoms with E-state index in [4.69, 9.17) is 0 Å². The molecule has 15 heavy (non-hydrogen) atoms. The molecule has 0 aliphatic heterocycles. The first kappa shape index (κ1) is 9.62. The van der Waals surface area contributed by atoms with E-state index in [0.29, 0.717) is 17.1 Å². The molecule has 0 radical (unpaired) electrons. The summed E-state index contributed by atoms with van der Waals surface area (Å²) in [4.78, 5) is 11.7. The third-order valence-corrected chi connectivity index (χ3v) is 5.12. The SMILES string of the molecule is CCCCC12C3C=CC(C3)C1C2C(C)=O. The number of allylic oxidation sites excluding steroid dienone is 2. The lowest BCUT2D eigenvalue weighted by molar-refractivity contribution is -0.119. The molecule has 1 heteroatoms. The van der Waals surface area contributed by atoms with Crippen molar-refractivity contribution in [3.8, 4) is 0 Å². The molecular formula is C14H20O. The second kappa shape index (κ2) is 2.96. The number of unbranched alkanes of at least 4 members (excludes halogenated alkanes) is 1. The van der Waals surface area contributed by atoms with Crippen LogP contribution >= 0.6 is 0 Å². The fourth-order valence-corrected chi connectivity index (χ4v) is 4.63. The number of Topliss-reactive ketones (excluding diaryl/α,β-unsaturated/α-hetero) is 1. The Morgan fingerprint density at radius 3 is 2.93 bits per heavy atom. The normalized spacial score (nSPS) is 49.5. The molecule has 5 atom stereocenters. The lowest BCUT2D eigenvalue weighted by atomic mass is 9.83. The van der Waals surface area contributed by atoms with Gasteiger partial charge >= 0.3 is 0 Å². The summed E-state index contributed by atoms with van der Waals surface area (Å²) in [5.74, 6) is 3.10. The van der Waals surface area contributed by atoms with Crippen LogP contribution in [0.25, 0.3) is 0 Å². The topological polar surface area (TPSA) is 17.1 Å². The van der Waals surface area contributed by atoms with Crippen LogP contribution in [0, 0.1) is 29.1 Å². The second-order valence-electron chi connectivity index (χ2n) is 5.72. The maximum Gasteiger partial charge on any atom is 0.133 e. The van der Waals surface area contributed by atoms with Crippen molar-refractivity contribution in [2.45, 2.75) is 39.5 Å². The summed E-state index contributed by atoms with van der Waals surface area (Å²) < 4.78 is 0. The van der Waals surface area contributed by atoms with Gasteiger partial charge in [-0.3, -0.25) is 4.79 Å². The Bertz CT molecular complexity index is 330. The zero-order valence-corrected chi connectivity index (χ0v) is 9.70. The summed E-state index contributed by atoms with van der Waals surface area (Å²) in [6.07, 6.45) is 9.99. The third-order valence-electron chi connectivity index (χ3n) is 5.12. The van der Waals surface area contributed by atoms with Gasteiger partial charge in [0.05, 0.1) is 0 Å². The lowest BCUT2D eigenvalue weighted by Crippen LogP contribution is -2.16. The number of carbonyl (C=O) groups is 1. The van der Waals surface area contributed by atoms with E-state index in [2.05, 4.69) is 19.1 Å². The zero-order chi connectivity index (χ0) is 10.6. The average molecular weight is 204 g/mol. The van der Waals surface area contributed by atoms with Crippen LogP contribution in [0.3, 0.4) is 0 Å². The fraction of sp³-hybridized carbons (Fsp3) is 0.786. The summed E-state index contributed by atoms with van der Waals surface area (Å²) in [7, 11) is 0. The number of fused-ring (bicyclic) bond motifs is 5. The quantitative estimate of drug-likeness (QED) is 0.643. The van der Waals surface area contributed by atoms with E-state index in [1.54, 1.807) is 6.92 Å². The molecule has 5 unspecified atom stereocenters. The molecule has 0 amide bonds. The van der Waals surface area contributed by atoms with Crippen LogP contribution in [0.1, 0.15) is 39.5 Å². The van der Waals surface area contributed by atoms with Crippen molar-refractivity contribution in [2.75, 3.05) is 0 Å². The van der Waals surface area contributed by atoms with E-state index in [9.17, 15) is 4.79 Å². The van der Waals surface area contributed by atoms with Crippen molar-refractivity contribution in [3.63, 3.8) is 0 Å². The molecule has 2 bridgehead atoms. The predicted octanol–water partition coefficient (Wildman–Crippen LogP) is 3.20. The van der Waals surface area contributed by atoms with Crippen LogP contribution < -0.4 is 0 Å². The maximum absolute atomic E-state index is 11.7. The molecule has 0 aromatic carbocycles. The highest BCUT2D eigenvalue weighted by Gasteiger charge is 2.75. The van der Waals surface area contributed by atoms with Gasteiger partial charge in [0.2, 0.25) is 0 Å². The van der Waals surface area contributed by atoms with Crippen LogP contribution in [-0.4, -0.2) is 5.78 Å². The van der Waals surface area contributed by atoms with Gasteiger partial charge in [0.25, 0.3) is 0 Å². The van der Waals surface area contributed by atoms with Crippen molar-refractivity contribution in [2.24, 2.45) is 29.1 Å². The molecule has 0 heterocycles. The molecule has 3 aliphatic rings. The smallest absolute Gasteiger partial charge is 0.133 e. The van der Waals surface area contributed by atoms with Crippen LogP contribution in [0.5, 0.6) is 0 Å². The highest BCUT2D eigenvalue weighted by Crippen LogP contribution is 2.77. The molecular weight excluding hydrogens is 184 g/mol. The highest BCUT2D eigenvalue weighted by atomic mass is 16.1. The van der Waals surface area contributed by atoms with E-state index in [-0.39, 0.29) is 0 Å². The summed E-state index contributed by atoms with van der Waals surface area (Å²) >= 11 is 0. The highest BCUT2D eigenvalue weighted by molar-refractivity contribution is 5.84. The minimum Gasteiger partial charge on any atom is -0.300 e. The first-order valence-electron chi connectivity index (χ1n) is 6.40. The molecule has 0 aromatic rings. The van der Waals surface area contributed by atoms with Gasteiger partial charge in [-0.1, -0.05) is 31.9 Å².